The van der Waals surface area contributed by atoms with Gasteiger partial charge in [-0.25, -0.2) is 4.21 Å². The summed E-state index contributed by atoms with van der Waals surface area (Å²) in [5, 5.41) is 8.41. The molecule has 5 heteroatoms. The molecule has 0 bridgehead atoms. The Balaban J connectivity index is 3.24. The lowest BCUT2D eigenvalue weighted by Gasteiger charge is -2.09. The van der Waals surface area contributed by atoms with E-state index in [4.69, 9.17) is 5.11 Å². The van der Waals surface area contributed by atoms with Gasteiger partial charge in [0.2, 0.25) is 0 Å². The zero-order valence-corrected chi connectivity index (χ0v) is 5.18. The molecule has 0 amide bonds. The van der Waals surface area contributed by atoms with E-state index in [1.807, 2.05) is 0 Å². The maximum absolute atomic E-state index is 9.59. The van der Waals surface area contributed by atoms with Crippen LogP contribution < -0.4 is 0 Å². The zero-order valence-electron chi connectivity index (χ0n) is 4.36. The van der Waals surface area contributed by atoms with Crippen LogP contribution in [0.1, 0.15) is 13.3 Å². The summed E-state index contributed by atoms with van der Waals surface area (Å²) in [6.07, 6.45) is -0.915. The van der Waals surface area contributed by atoms with Crippen LogP contribution in [0.5, 0.6) is 0 Å². The van der Waals surface area contributed by atoms with Gasteiger partial charge in [-0.1, -0.05) is 6.92 Å². The first kappa shape index (κ1) is 8.03. The molecule has 0 aromatic rings. The quantitative estimate of drug-likeness (QED) is 0.423. The summed E-state index contributed by atoms with van der Waals surface area (Å²) in [5.41, 5.74) is 0. The fourth-order valence-corrected chi connectivity index (χ4v) is 0.476. The highest BCUT2D eigenvalue weighted by atomic mass is 32.2. The summed E-state index contributed by atoms with van der Waals surface area (Å²) in [7, 11) is 0. The van der Waals surface area contributed by atoms with Gasteiger partial charge < -0.3 is 9.66 Å². The van der Waals surface area contributed by atoms with Crippen molar-refractivity contribution < 1.29 is 18.1 Å². The lowest BCUT2D eigenvalue weighted by molar-refractivity contribution is -0.0155. The third kappa shape index (κ3) is 4.20. The van der Waals surface area contributed by atoms with Crippen LogP contribution in [0.25, 0.3) is 0 Å². The first-order chi connectivity index (χ1) is 3.66. The normalized spacial score (nSPS) is 17.9. The predicted molar refractivity (Wildman–Crippen MR) is 26.3 cm³/mol. The van der Waals surface area contributed by atoms with Gasteiger partial charge in [0.1, 0.15) is 0 Å². The first-order valence-corrected chi connectivity index (χ1v) is 3.11. The van der Waals surface area contributed by atoms with E-state index in [1.165, 1.54) is 0 Å². The summed E-state index contributed by atoms with van der Waals surface area (Å²) in [6.45, 7) is 1.61. The highest BCUT2D eigenvalue weighted by Crippen LogP contribution is 1.92. The smallest absolute Gasteiger partial charge is 0.168 e. The Kier molecular flexibility index (Phi) is 3.98. The highest BCUT2D eigenvalue weighted by Gasteiger charge is 1.97. The van der Waals surface area contributed by atoms with Crippen LogP contribution in [0.15, 0.2) is 0 Å². The van der Waals surface area contributed by atoms with Crippen LogP contribution in [0.3, 0.4) is 0 Å². The number of hydrogen-bond donors (Lipinski definition) is 1. The number of hydrogen-bond acceptors (Lipinski definition) is 4. The molecule has 50 valence electrons. The maximum atomic E-state index is 9.59. The van der Waals surface area contributed by atoms with Crippen molar-refractivity contribution in [3.63, 3.8) is 0 Å². The molecule has 2 unspecified atom stereocenters. The predicted octanol–water partition coefficient (Wildman–Crippen LogP) is -0.474. The fourth-order valence-electron chi connectivity index (χ4n) is 0.159. The lowest BCUT2D eigenvalue weighted by Crippen LogP contribution is -2.11. The van der Waals surface area contributed by atoms with E-state index in [0.29, 0.717) is 0 Å². The van der Waals surface area contributed by atoms with Gasteiger partial charge in [0, 0.05) is 0 Å². The van der Waals surface area contributed by atoms with Crippen LogP contribution in [0.2, 0.25) is 0 Å². The molecule has 0 aliphatic carbocycles. The van der Waals surface area contributed by atoms with E-state index < -0.39 is 17.7 Å². The van der Waals surface area contributed by atoms with E-state index in [2.05, 4.69) is 4.18 Å². The first-order valence-electron chi connectivity index (χ1n) is 2.11. The molecule has 0 aliphatic rings. The van der Waals surface area contributed by atoms with Gasteiger partial charge >= 0.3 is 0 Å². The highest BCUT2D eigenvalue weighted by molar-refractivity contribution is 7.74. The van der Waals surface area contributed by atoms with E-state index in [1.54, 1.807) is 6.92 Å². The molecule has 0 aliphatic heterocycles. The van der Waals surface area contributed by atoms with Crippen molar-refractivity contribution in [1.82, 2.24) is 0 Å². The lowest BCUT2D eigenvalue weighted by atomic mass is 10.5. The van der Waals surface area contributed by atoms with Crippen molar-refractivity contribution in [2.24, 2.45) is 0 Å². The Morgan fingerprint density at radius 2 is 2.50 bits per heavy atom. The van der Waals surface area contributed by atoms with Gasteiger partial charge in [0.25, 0.3) is 0 Å². The van der Waals surface area contributed by atoms with Gasteiger partial charge in [-0.05, 0) is 6.42 Å². The molecule has 0 spiro atoms. The van der Waals surface area contributed by atoms with Crippen LogP contribution in [-0.2, 0) is 15.5 Å². The second-order valence-corrected chi connectivity index (χ2v) is 1.76. The third-order valence-electron chi connectivity index (χ3n) is 0.539. The number of aliphatic hydroxyl groups is 1. The van der Waals surface area contributed by atoms with Crippen molar-refractivity contribution in [2.45, 2.75) is 19.6 Å². The Morgan fingerprint density at radius 1 is 2.00 bits per heavy atom. The van der Waals surface area contributed by atoms with Crippen molar-refractivity contribution in [2.75, 3.05) is 0 Å². The molecule has 0 heterocycles. The Morgan fingerprint density at radius 3 is 2.62 bits per heavy atom. The Bertz CT molecular complexity index is 83.4. The average molecular weight is 139 g/mol. The molecule has 4 nitrogen and oxygen atoms in total. The number of aliphatic hydroxyl groups excluding tert-OH is 1. The van der Waals surface area contributed by atoms with Gasteiger partial charge in [-0.15, -0.1) is 0 Å². The molecule has 0 rings (SSSR count). The molecular weight excluding hydrogens is 132 g/mol. The van der Waals surface area contributed by atoms with E-state index in [-0.39, 0.29) is 6.42 Å². The summed E-state index contributed by atoms with van der Waals surface area (Å²) in [4.78, 5) is 0. The van der Waals surface area contributed by atoms with Gasteiger partial charge in [-0.3, -0.25) is 4.18 Å². The van der Waals surface area contributed by atoms with Gasteiger partial charge in [-0.2, -0.15) is 0 Å². The Labute approximate surface area is 50.0 Å². The van der Waals surface area contributed by atoms with Crippen molar-refractivity contribution in [3.05, 3.63) is 0 Å². The minimum absolute atomic E-state index is 0.272. The summed E-state index contributed by atoms with van der Waals surface area (Å²) in [6, 6.07) is 0. The van der Waals surface area contributed by atoms with Crippen LogP contribution in [-0.4, -0.2) is 20.2 Å². The van der Waals surface area contributed by atoms with Crippen molar-refractivity contribution >= 4 is 11.4 Å². The molecular formula is C3H7O4S-. The molecule has 0 radical (unpaired) electrons. The van der Waals surface area contributed by atoms with E-state index in [0.717, 1.165) is 0 Å². The fraction of sp³-hybridized carbons (Fsp3) is 1.00. The molecule has 0 saturated carbocycles. The third-order valence-corrected chi connectivity index (χ3v) is 0.918. The summed E-state index contributed by atoms with van der Waals surface area (Å²) >= 11 is -2.60. The topological polar surface area (TPSA) is 69.6 Å². The number of rotatable bonds is 3. The van der Waals surface area contributed by atoms with Gasteiger partial charge in [0.05, 0.1) is 11.4 Å². The standard InChI is InChI=1S/C3H8O4S/c1-2-3(4)7-8(5)6/h3-4H,2H2,1H3,(H,5,6)/p-1. The van der Waals surface area contributed by atoms with Crippen LogP contribution in [0.4, 0.5) is 0 Å². The minimum atomic E-state index is -2.60. The summed E-state index contributed by atoms with van der Waals surface area (Å²) < 4.78 is 23.0. The zero-order chi connectivity index (χ0) is 6.57. The van der Waals surface area contributed by atoms with E-state index in [9.17, 15) is 8.76 Å². The molecule has 2 atom stereocenters. The molecule has 8 heavy (non-hydrogen) atoms. The minimum Gasteiger partial charge on any atom is -0.750 e. The van der Waals surface area contributed by atoms with Crippen molar-refractivity contribution in [1.29, 1.82) is 0 Å². The molecule has 1 N–H and O–H groups in total. The molecule has 0 aromatic heterocycles. The van der Waals surface area contributed by atoms with Crippen LogP contribution in [0, 0.1) is 0 Å². The average Bonchev–Trinajstić information content (AvgIpc) is 1.65. The summed E-state index contributed by atoms with van der Waals surface area (Å²) in [5.74, 6) is 0. The largest absolute Gasteiger partial charge is 0.750 e. The molecule has 0 saturated heterocycles. The monoisotopic (exact) mass is 139 g/mol. The maximum Gasteiger partial charge on any atom is 0.168 e. The second kappa shape index (κ2) is 3.96. The van der Waals surface area contributed by atoms with Crippen molar-refractivity contribution in [3.8, 4) is 0 Å². The SMILES string of the molecule is CCC(O)OS(=O)[O-]. The second-order valence-electron chi connectivity index (χ2n) is 1.16. The molecule has 0 fully saturated rings. The molecule has 0 aromatic carbocycles. The van der Waals surface area contributed by atoms with E-state index >= 15 is 0 Å². The van der Waals surface area contributed by atoms with Gasteiger partial charge in [0.15, 0.2) is 6.29 Å². The Hall–Kier alpha value is 0.0300. The van der Waals surface area contributed by atoms with Crippen LogP contribution >= 0.6 is 0 Å².